The second-order valence-electron chi connectivity index (χ2n) is 3.15. The zero-order valence-electron chi connectivity index (χ0n) is 7.94. The number of benzene rings is 1. The van der Waals surface area contributed by atoms with Gasteiger partial charge in [-0.2, -0.15) is 0 Å². The van der Waals surface area contributed by atoms with Gasteiger partial charge >= 0.3 is 0 Å². The van der Waals surface area contributed by atoms with Crippen LogP contribution in [0.4, 0.5) is 0 Å². The second-order valence-corrected chi connectivity index (χ2v) is 3.42. The number of rotatable bonds is 2. The van der Waals surface area contributed by atoms with Crippen LogP contribution in [0.3, 0.4) is 0 Å². The zero-order valence-corrected chi connectivity index (χ0v) is 8.70. The molecular formula is C11H11ClN2. The van der Waals surface area contributed by atoms with Gasteiger partial charge in [0, 0.05) is 24.0 Å². The van der Waals surface area contributed by atoms with Gasteiger partial charge in [-0.05, 0) is 24.6 Å². The molecule has 14 heavy (non-hydrogen) atoms. The summed E-state index contributed by atoms with van der Waals surface area (Å²) in [5.74, 6) is 1.53. The van der Waals surface area contributed by atoms with Gasteiger partial charge in [0.1, 0.15) is 5.82 Å². The molecule has 2 nitrogen and oxygen atoms in total. The molecule has 0 fully saturated rings. The minimum absolute atomic E-state index is 0.543. The van der Waals surface area contributed by atoms with Gasteiger partial charge in [-0.1, -0.05) is 12.1 Å². The lowest BCUT2D eigenvalue weighted by atomic mass is 10.2. The van der Waals surface area contributed by atoms with Crippen molar-refractivity contribution in [2.75, 3.05) is 0 Å². The molecular weight excluding hydrogens is 196 g/mol. The molecule has 0 saturated carbocycles. The third kappa shape index (κ3) is 1.66. The van der Waals surface area contributed by atoms with Crippen LogP contribution >= 0.6 is 11.6 Å². The molecule has 0 amide bonds. The van der Waals surface area contributed by atoms with E-state index < -0.39 is 0 Å². The maximum absolute atomic E-state index is 5.78. The van der Waals surface area contributed by atoms with E-state index in [1.165, 1.54) is 0 Å². The van der Waals surface area contributed by atoms with Gasteiger partial charge < -0.3 is 4.57 Å². The van der Waals surface area contributed by atoms with Crippen molar-refractivity contribution < 1.29 is 0 Å². The fourth-order valence-corrected chi connectivity index (χ4v) is 1.61. The molecule has 0 N–H and O–H groups in total. The van der Waals surface area contributed by atoms with Crippen LogP contribution in [0, 0.1) is 6.92 Å². The van der Waals surface area contributed by atoms with Crippen LogP contribution in [0.5, 0.6) is 0 Å². The van der Waals surface area contributed by atoms with Crippen LogP contribution in [0.2, 0.25) is 0 Å². The Morgan fingerprint density at radius 2 is 2.29 bits per heavy atom. The summed E-state index contributed by atoms with van der Waals surface area (Å²) in [6, 6.07) is 8.14. The first kappa shape index (κ1) is 9.28. The average Bonchev–Trinajstić information content (AvgIpc) is 2.65. The van der Waals surface area contributed by atoms with Crippen molar-refractivity contribution in [3.63, 3.8) is 0 Å². The van der Waals surface area contributed by atoms with Crippen molar-refractivity contribution in [1.82, 2.24) is 9.55 Å². The number of halogens is 1. The Bertz CT molecular complexity index is 434. The van der Waals surface area contributed by atoms with E-state index in [1.807, 2.05) is 35.9 Å². The van der Waals surface area contributed by atoms with E-state index in [4.69, 9.17) is 11.6 Å². The third-order valence-electron chi connectivity index (χ3n) is 2.17. The lowest BCUT2D eigenvalue weighted by molar-refractivity contribution is 0.972. The smallest absolute Gasteiger partial charge is 0.110 e. The Labute approximate surface area is 88.2 Å². The number of nitrogens with zero attached hydrogens (tertiary/aromatic N) is 2. The number of imidazole rings is 1. The summed E-state index contributed by atoms with van der Waals surface area (Å²) in [6.07, 6.45) is 3.74. The van der Waals surface area contributed by atoms with Crippen molar-refractivity contribution in [1.29, 1.82) is 0 Å². The molecule has 0 aliphatic carbocycles. The Balaban J connectivity index is 2.47. The van der Waals surface area contributed by atoms with Crippen molar-refractivity contribution in [2.24, 2.45) is 0 Å². The molecule has 2 aromatic rings. The van der Waals surface area contributed by atoms with E-state index in [0.717, 1.165) is 17.1 Å². The molecule has 0 aliphatic rings. The van der Waals surface area contributed by atoms with Gasteiger partial charge in [-0.3, -0.25) is 0 Å². The average molecular weight is 207 g/mol. The number of hydrogen-bond acceptors (Lipinski definition) is 1. The standard InChI is InChI=1S/C11H11ClN2/c1-9-13-5-6-14(9)11-4-2-3-10(7-11)8-12/h2-7H,8H2,1H3. The molecule has 1 aromatic heterocycles. The van der Waals surface area contributed by atoms with Gasteiger partial charge in [0.2, 0.25) is 0 Å². The van der Waals surface area contributed by atoms with Gasteiger partial charge in [0.25, 0.3) is 0 Å². The minimum Gasteiger partial charge on any atom is -0.304 e. The zero-order chi connectivity index (χ0) is 9.97. The summed E-state index contributed by atoms with van der Waals surface area (Å²) in [6.45, 7) is 1.98. The predicted molar refractivity (Wildman–Crippen MR) is 57.9 cm³/mol. The molecule has 0 spiro atoms. The topological polar surface area (TPSA) is 17.8 Å². The van der Waals surface area contributed by atoms with Gasteiger partial charge in [-0.15, -0.1) is 11.6 Å². The third-order valence-corrected chi connectivity index (χ3v) is 2.48. The Morgan fingerprint density at radius 3 is 2.93 bits per heavy atom. The van der Waals surface area contributed by atoms with Crippen LogP contribution in [0.25, 0.3) is 5.69 Å². The Morgan fingerprint density at radius 1 is 1.43 bits per heavy atom. The summed E-state index contributed by atoms with van der Waals surface area (Å²) in [5.41, 5.74) is 2.23. The van der Waals surface area contributed by atoms with Gasteiger partial charge in [0.15, 0.2) is 0 Å². The molecule has 72 valence electrons. The molecule has 1 heterocycles. The fourth-order valence-electron chi connectivity index (χ4n) is 1.44. The first-order valence-electron chi connectivity index (χ1n) is 4.46. The van der Waals surface area contributed by atoms with Crippen molar-refractivity contribution in [2.45, 2.75) is 12.8 Å². The molecule has 0 bridgehead atoms. The normalized spacial score (nSPS) is 10.4. The summed E-state index contributed by atoms with van der Waals surface area (Å²) in [7, 11) is 0. The highest BCUT2D eigenvalue weighted by Crippen LogP contribution is 2.13. The summed E-state index contributed by atoms with van der Waals surface area (Å²) >= 11 is 5.78. The number of aryl methyl sites for hydroxylation is 1. The largest absolute Gasteiger partial charge is 0.304 e. The van der Waals surface area contributed by atoms with E-state index >= 15 is 0 Å². The molecule has 0 unspecified atom stereocenters. The van der Waals surface area contributed by atoms with Crippen LogP contribution in [-0.4, -0.2) is 9.55 Å². The van der Waals surface area contributed by atoms with Crippen LogP contribution in [0.15, 0.2) is 36.7 Å². The van der Waals surface area contributed by atoms with Crippen molar-refractivity contribution >= 4 is 11.6 Å². The number of aromatic nitrogens is 2. The molecule has 0 atom stereocenters. The highest BCUT2D eigenvalue weighted by Gasteiger charge is 2.00. The van der Waals surface area contributed by atoms with E-state index in [-0.39, 0.29) is 0 Å². The summed E-state index contributed by atoms with van der Waals surface area (Å²) in [4.78, 5) is 4.18. The molecule has 2 rings (SSSR count). The first-order valence-corrected chi connectivity index (χ1v) is 5.00. The Hall–Kier alpha value is -1.28. The molecule has 0 saturated heterocycles. The highest BCUT2D eigenvalue weighted by molar-refractivity contribution is 6.17. The fraction of sp³-hybridized carbons (Fsp3) is 0.182. The van der Waals surface area contributed by atoms with Gasteiger partial charge in [-0.25, -0.2) is 4.98 Å². The number of alkyl halides is 1. The minimum atomic E-state index is 0.543. The van der Waals surface area contributed by atoms with E-state index in [1.54, 1.807) is 6.20 Å². The highest BCUT2D eigenvalue weighted by atomic mass is 35.5. The predicted octanol–water partition coefficient (Wildman–Crippen LogP) is 2.92. The van der Waals surface area contributed by atoms with Gasteiger partial charge in [0.05, 0.1) is 0 Å². The van der Waals surface area contributed by atoms with Crippen molar-refractivity contribution in [3.8, 4) is 5.69 Å². The van der Waals surface area contributed by atoms with Crippen LogP contribution in [0.1, 0.15) is 11.4 Å². The first-order chi connectivity index (χ1) is 6.81. The number of hydrogen-bond donors (Lipinski definition) is 0. The molecule has 1 aromatic carbocycles. The summed E-state index contributed by atoms with van der Waals surface area (Å²) < 4.78 is 2.04. The van der Waals surface area contributed by atoms with E-state index in [9.17, 15) is 0 Å². The van der Waals surface area contributed by atoms with Crippen LogP contribution in [-0.2, 0) is 5.88 Å². The van der Waals surface area contributed by atoms with Crippen molar-refractivity contribution in [3.05, 3.63) is 48.0 Å². The summed E-state index contributed by atoms with van der Waals surface area (Å²) in [5, 5.41) is 0. The van der Waals surface area contributed by atoms with Crippen LogP contribution < -0.4 is 0 Å². The lowest BCUT2D eigenvalue weighted by Crippen LogP contribution is -1.95. The maximum atomic E-state index is 5.78. The lowest BCUT2D eigenvalue weighted by Gasteiger charge is -2.05. The van der Waals surface area contributed by atoms with E-state index in [0.29, 0.717) is 5.88 Å². The SMILES string of the molecule is Cc1nccn1-c1cccc(CCl)c1. The Kier molecular flexibility index (Phi) is 2.55. The quantitative estimate of drug-likeness (QED) is 0.691. The molecule has 0 radical (unpaired) electrons. The maximum Gasteiger partial charge on any atom is 0.110 e. The second kappa shape index (κ2) is 3.84. The molecule has 0 aliphatic heterocycles. The molecule has 3 heteroatoms. The van der Waals surface area contributed by atoms with E-state index in [2.05, 4.69) is 11.1 Å². The monoisotopic (exact) mass is 206 g/mol.